The average Bonchev–Trinajstić information content (AvgIpc) is 2.60. The van der Waals surface area contributed by atoms with Gasteiger partial charge in [-0.1, -0.05) is 6.07 Å². The van der Waals surface area contributed by atoms with Crippen molar-refractivity contribution in [1.82, 2.24) is 0 Å². The highest BCUT2D eigenvalue weighted by Gasteiger charge is 2.44. The topological polar surface area (TPSA) is 152 Å². The average molecular weight is 357 g/mol. The molecule has 1 aromatic rings. The van der Waals surface area contributed by atoms with Crippen LogP contribution < -0.4 is 9.47 Å². The predicted molar refractivity (Wildman–Crippen MR) is 83.4 cm³/mol. The van der Waals surface area contributed by atoms with E-state index in [9.17, 15) is 25.4 Å². The summed E-state index contributed by atoms with van der Waals surface area (Å²) in [6, 6.07) is 4.43. The van der Waals surface area contributed by atoms with Crippen LogP contribution in [0.5, 0.6) is 11.5 Å². The van der Waals surface area contributed by atoms with Crippen molar-refractivity contribution >= 4 is 6.08 Å². The Kier molecular flexibility index (Phi) is 6.28. The predicted octanol–water partition coefficient (Wildman–Crippen LogP) is -0.879. The van der Waals surface area contributed by atoms with Crippen molar-refractivity contribution in [2.45, 2.75) is 30.7 Å². The molecule has 138 valence electrons. The van der Waals surface area contributed by atoms with Gasteiger partial charge >= 0.3 is 0 Å². The summed E-state index contributed by atoms with van der Waals surface area (Å²) in [4.78, 5) is 9.76. The van der Waals surface area contributed by atoms with Crippen molar-refractivity contribution in [1.29, 1.82) is 0 Å². The summed E-state index contributed by atoms with van der Waals surface area (Å²) < 4.78 is 15.9. The Labute approximate surface area is 142 Å². The lowest BCUT2D eigenvalue weighted by Gasteiger charge is -2.39. The maximum absolute atomic E-state index is 10.4. The molecule has 0 amide bonds. The van der Waals surface area contributed by atoms with Gasteiger partial charge in [-0.2, -0.15) is 0 Å². The zero-order valence-corrected chi connectivity index (χ0v) is 13.3. The minimum Gasteiger partial charge on any atom is -0.493 e. The van der Waals surface area contributed by atoms with E-state index in [0.29, 0.717) is 5.56 Å². The van der Waals surface area contributed by atoms with Gasteiger partial charge in [0.2, 0.25) is 12.5 Å². The highest BCUT2D eigenvalue weighted by atomic mass is 16.7. The molecule has 5 atom stereocenters. The third-order valence-corrected chi connectivity index (χ3v) is 3.67. The van der Waals surface area contributed by atoms with Gasteiger partial charge in [0.05, 0.1) is 18.6 Å². The largest absolute Gasteiger partial charge is 0.493 e. The molecule has 1 saturated heterocycles. The van der Waals surface area contributed by atoms with E-state index in [1.54, 1.807) is 0 Å². The molecule has 0 radical (unpaired) electrons. The fraction of sp³-hybridized carbons (Fsp3) is 0.467. The molecule has 2 unspecified atom stereocenters. The Morgan fingerprint density at radius 3 is 2.56 bits per heavy atom. The van der Waals surface area contributed by atoms with Gasteiger partial charge in [-0.25, -0.2) is 0 Å². The van der Waals surface area contributed by atoms with Gasteiger partial charge in [-0.15, -0.1) is 0 Å². The van der Waals surface area contributed by atoms with Crippen LogP contribution in [0, 0.1) is 10.1 Å². The summed E-state index contributed by atoms with van der Waals surface area (Å²) in [5.74, 6) is 0.354. The molecule has 1 fully saturated rings. The Balaban J connectivity index is 2.19. The van der Waals surface area contributed by atoms with E-state index >= 15 is 0 Å². The number of benzene rings is 1. The van der Waals surface area contributed by atoms with E-state index in [0.717, 1.165) is 6.20 Å². The van der Waals surface area contributed by atoms with Crippen LogP contribution in [0.25, 0.3) is 6.08 Å². The first kappa shape index (κ1) is 19.1. The molecule has 10 nitrogen and oxygen atoms in total. The lowest BCUT2D eigenvalue weighted by molar-refractivity contribution is -0.400. The van der Waals surface area contributed by atoms with Crippen LogP contribution in [0.15, 0.2) is 24.4 Å². The fourth-order valence-electron chi connectivity index (χ4n) is 2.32. The van der Waals surface area contributed by atoms with E-state index < -0.39 is 42.2 Å². The van der Waals surface area contributed by atoms with Gasteiger partial charge in [-0.05, 0) is 17.7 Å². The van der Waals surface area contributed by atoms with Gasteiger partial charge < -0.3 is 34.6 Å². The van der Waals surface area contributed by atoms with Gasteiger partial charge in [0.1, 0.15) is 24.4 Å². The first-order valence-corrected chi connectivity index (χ1v) is 7.34. The number of rotatable bonds is 6. The Bertz CT molecular complexity index is 633. The molecule has 0 aliphatic carbocycles. The van der Waals surface area contributed by atoms with Gasteiger partial charge in [-0.3, -0.25) is 10.1 Å². The molecule has 1 aliphatic heterocycles. The maximum Gasteiger partial charge on any atom is 0.235 e. The maximum atomic E-state index is 10.4. The van der Waals surface area contributed by atoms with E-state index in [4.69, 9.17) is 19.3 Å². The summed E-state index contributed by atoms with van der Waals surface area (Å²) >= 11 is 0. The zero-order chi connectivity index (χ0) is 18.6. The molecule has 25 heavy (non-hydrogen) atoms. The van der Waals surface area contributed by atoms with Crippen molar-refractivity contribution in [3.63, 3.8) is 0 Å². The van der Waals surface area contributed by atoms with Crippen LogP contribution in [0.3, 0.4) is 0 Å². The SMILES string of the molecule is COc1cc(/C=C\[N+](=O)[O-])ccc1O[C@@H]1OC(CO)[C@@H](O)[C@@H](O)C1O. The highest BCUT2D eigenvalue weighted by Crippen LogP contribution is 2.32. The summed E-state index contributed by atoms with van der Waals surface area (Å²) in [5.41, 5.74) is 0.481. The summed E-state index contributed by atoms with van der Waals surface area (Å²) in [7, 11) is 1.36. The van der Waals surface area contributed by atoms with Crippen molar-refractivity contribution in [3.05, 3.63) is 40.1 Å². The first-order valence-electron chi connectivity index (χ1n) is 7.34. The van der Waals surface area contributed by atoms with Crippen LogP contribution in [0.2, 0.25) is 0 Å². The second-order valence-corrected chi connectivity index (χ2v) is 5.33. The molecule has 0 bridgehead atoms. The third kappa shape index (κ3) is 4.44. The smallest absolute Gasteiger partial charge is 0.235 e. The van der Waals surface area contributed by atoms with Crippen LogP contribution in [0.1, 0.15) is 5.56 Å². The molecule has 1 aromatic carbocycles. The number of methoxy groups -OCH3 is 1. The van der Waals surface area contributed by atoms with Crippen LogP contribution in [0.4, 0.5) is 0 Å². The first-order chi connectivity index (χ1) is 11.9. The minimum atomic E-state index is -1.57. The highest BCUT2D eigenvalue weighted by molar-refractivity contribution is 5.55. The zero-order valence-electron chi connectivity index (χ0n) is 13.3. The lowest BCUT2D eigenvalue weighted by Crippen LogP contribution is -2.60. The molecule has 1 heterocycles. The van der Waals surface area contributed by atoms with Crippen molar-refractivity contribution in [3.8, 4) is 11.5 Å². The number of aliphatic hydroxyl groups is 4. The standard InChI is InChI=1S/C15H19NO9/c1-23-10-6-8(4-5-16(21)22)2-3-9(10)24-15-14(20)13(19)12(18)11(7-17)25-15/h2-6,11-15,17-20H,7H2,1H3/b5-4-/t11?,12-,13-,14?,15-/m1/s1. The lowest BCUT2D eigenvalue weighted by atomic mass is 9.99. The number of nitro groups is 1. The fourth-order valence-corrected chi connectivity index (χ4v) is 2.32. The van der Waals surface area contributed by atoms with Gasteiger partial charge in [0.15, 0.2) is 11.5 Å². The van der Waals surface area contributed by atoms with E-state index in [1.807, 2.05) is 0 Å². The molecule has 0 saturated carbocycles. The number of nitrogens with zero attached hydrogens (tertiary/aromatic N) is 1. The van der Waals surface area contributed by atoms with E-state index in [1.165, 1.54) is 31.4 Å². The molecular weight excluding hydrogens is 338 g/mol. The molecule has 0 aromatic heterocycles. The monoisotopic (exact) mass is 357 g/mol. The molecule has 1 aliphatic rings. The molecule has 10 heteroatoms. The summed E-state index contributed by atoms with van der Waals surface area (Å²) in [6.45, 7) is -0.577. The summed E-state index contributed by atoms with van der Waals surface area (Å²) in [5, 5.41) is 49.0. The van der Waals surface area contributed by atoms with Gasteiger partial charge in [0.25, 0.3) is 0 Å². The van der Waals surface area contributed by atoms with Crippen molar-refractivity contribution in [2.24, 2.45) is 0 Å². The Hall–Kier alpha value is -2.24. The number of ether oxygens (including phenoxy) is 3. The Morgan fingerprint density at radius 1 is 1.24 bits per heavy atom. The second-order valence-electron chi connectivity index (χ2n) is 5.33. The van der Waals surface area contributed by atoms with Crippen molar-refractivity contribution in [2.75, 3.05) is 13.7 Å². The second kappa shape index (κ2) is 8.23. The minimum absolute atomic E-state index is 0.144. The van der Waals surface area contributed by atoms with Gasteiger partial charge in [0, 0.05) is 6.08 Å². The van der Waals surface area contributed by atoms with Crippen LogP contribution >= 0.6 is 0 Å². The number of aliphatic hydroxyl groups excluding tert-OH is 4. The third-order valence-electron chi connectivity index (χ3n) is 3.67. The number of hydrogen-bond acceptors (Lipinski definition) is 9. The molecule has 4 N–H and O–H groups in total. The normalized spacial score (nSPS) is 29.6. The Morgan fingerprint density at radius 2 is 1.96 bits per heavy atom. The van der Waals surface area contributed by atoms with Crippen molar-refractivity contribution < 1.29 is 39.6 Å². The molecular formula is C15H19NO9. The summed E-state index contributed by atoms with van der Waals surface area (Å²) in [6.07, 6.45) is -5.04. The quantitative estimate of drug-likeness (QED) is 0.376. The van der Waals surface area contributed by atoms with E-state index in [-0.39, 0.29) is 11.5 Å². The van der Waals surface area contributed by atoms with Crippen LogP contribution in [-0.4, -0.2) is 69.8 Å². The number of hydrogen-bond donors (Lipinski definition) is 4. The molecule has 2 rings (SSSR count). The van der Waals surface area contributed by atoms with Crippen LogP contribution in [-0.2, 0) is 4.74 Å². The van der Waals surface area contributed by atoms with E-state index in [2.05, 4.69) is 0 Å². The molecule has 0 spiro atoms.